The summed E-state index contributed by atoms with van der Waals surface area (Å²) in [5, 5.41) is 3.75. The molecule has 9 heteroatoms. The van der Waals surface area contributed by atoms with Crippen molar-refractivity contribution in [2.24, 2.45) is 15.7 Å². The standard InChI is InChI=1S/C21H24Cl2N4O2S/c1-2-25-20(24)27-21(30)26-14-15-12-19(18(23)13-17(15)22)29-11-7-6-10-28-16-8-4-3-5-9-16/h3-5,8-9,12-14H,2,6-7,10-11H2,1H3,(H3,24,25,27,30)/b26-14+. The van der Waals surface area contributed by atoms with E-state index in [0.717, 1.165) is 18.6 Å². The summed E-state index contributed by atoms with van der Waals surface area (Å²) in [5.41, 5.74) is 6.28. The lowest BCUT2D eigenvalue weighted by atomic mass is 10.2. The molecule has 0 aromatic heterocycles. The Balaban J connectivity index is 1.84. The van der Waals surface area contributed by atoms with Crippen LogP contribution in [0.3, 0.4) is 0 Å². The lowest BCUT2D eigenvalue weighted by molar-refractivity contribution is 0.266. The molecule has 0 fully saturated rings. The Kier molecular flexibility index (Phi) is 10.4. The highest BCUT2D eigenvalue weighted by atomic mass is 35.5. The number of hydrogen-bond donors (Lipinski definition) is 2. The summed E-state index contributed by atoms with van der Waals surface area (Å²) in [4.78, 5) is 8.12. The summed E-state index contributed by atoms with van der Waals surface area (Å²) < 4.78 is 11.5. The highest BCUT2D eigenvalue weighted by Crippen LogP contribution is 2.30. The number of hydrogen-bond acceptors (Lipinski definition) is 4. The monoisotopic (exact) mass is 466 g/mol. The van der Waals surface area contributed by atoms with Gasteiger partial charge in [0.05, 0.1) is 23.3 Å². The third kappa shape index (κ3) is 8.57. The Bertz CT molecular complexity index is 892. The van der Waals surface area contributed by atoms with E-state index in [-0.39, 0.29) is 11.1 Å². The Morgan fingerprint density at radius 1 is 1.10 bits per heavy atom. The van der Waals surface area contributed by atoms with Gasteiger partial charge in [0.25, 0.3) is 0 Å². The summed E-state index contributed by atoms with van der Waals surface area (Å²) in [6.07, 6.45) is 3.20. The van der Waals surface area contributed by atoms with E-state index >= 15 is 0 Å². The highest BCUT2D eigenvalue weighted by Gasteiger charge is 2.08. The normalized spacial score (nSPS) is 11.5. The molecule has 0 spiro atoms. The molecule has 0 radical (unpaired) electrons. The number of para-hydroxylation sites is 1. The van der Waals surface area contributed by atoms with Gasteiger partial charge in [-0.25, -0.2) is 4.99 Å². The zero-order chi connectivity index (χ0) is 21.8. The molecular formula is C21H24Cl2N4O2S. The molecule has 0 aliphatic carbocycles. The van der Waals surface area contributed by atoms with Crippen molar-refractivity contribution < 1.29 is 9.47 Å². The molecule has 0 heterocycles. The molecule has 0 aliphatic rings. The lowest BCUT2D eigenvalue weighted by Crippen LogP contribution is -2.34. The second-order valence-electron chi connectivity index (χ2n) is 6.07. The minimum absolute atomic E-state index is 0.177. The smallest absolute Gasteiger partial charge is 0.199 e. The Labute approximate surface area is 192 Å². The Hall–Kier alpha value is -2.35. The molecule has 6 nitrogen and oxygen atoms in total. The quantitative estimate of drug-likeness (QED) is 0.238. The minimum atomic E-state index is 0.177. The summed E-state index contributed by atoms with van der Waals surface area (Å²) in [6, 6.07) is 13.0. The van der Waals surface area contributed by atoms with Crippen molar-refractivity contribution in [3.05, 3.63) is 58.1 Å². The van der Waals surface area contributed by atoms with Gasteiger partial charge in [-0.2, -0.15) is 0 Å². The van der Waals surface area contributed by atoms with Gasteiger partial charge in [0.2, 0.25) is 0 Å². The zero-order valence-corrected chi connectivity index (χ0v) is 18.9. The average molecular weight is 467 g/mol. The van der Waals surface area contributed by atoms with Crippen molar-refractivity contribution in [3.63, 3.8) is 0 Å². The number of halogens is 2. The molecule has 160 valence electrons. The number of unbranched alkanes of at least 4 members (excludes halogenated alkanes) is 1. The van der Waals surface area contributed by atoms with E-state index in [9.17, 15) is 0 Å². The Morgan fingerprint density at radius 2 is 1.80 bits per heavy atom. The van der Waals surface area contributed by atoms with E-state index in [4.69, 9.17) is 50.6 Å². The molecule has 0 saturated heterocycles. The molecular weight excluding hydrogens is 443 g/mol. The number of benzene rings is 2. The maximum atomic E-state index is 6.24. The molecule has 30 heavy (non-hydrogen) atoms. The first-order valence-corrected chi connectivity index (χ1v) is 10.6. The van der Waals surface area contributed by atoms with Gasteiger partial charge in [-0.15, -0.1) is 0 Å². The first-order chi connectivity index (χ1) is 14.5. The highest BCUT2D eigenvalue weighted by molar-refractivity contribution is 7.80. The molecule has 2 rings (SSSR count). The van der Waals surface area contributed by atoms with Gasteiger partial charge in [0.1, 0.15) is 11.5 Å². The third-order valence-electron chi connectivity index (χ3n) is 3.74. The van der Waals surface area contributed by atoms with Crippen LogP contribution in [0.1, 0.15) is 25.3 Å². The molecule has 0 atom stereocenters. The topological polar surface area (TPSA) is 81.2 Å². The predicted molar refractivity (Wildman–Crippen MR) is 129 cm³/mol. The summed E-state index contributed by atoms with van der Waals surface area (Å²) >= 11 is 17.6. The van der Waals surface area contributed by atoms with Crippen molar-refractivity contribution in [2.75, 3.05) is 19.8 Å². The first kappa shape index (κ1) is 23.9. The number of nitrogens with zero attached hydrogens (tertiary/aromatic N) is 2. The van der Waals surface area contributed by atoms with Crippen LogP contribution in [0.15, 0.2) is 52.4 Å². The van der Waals surface area contributed by atoms with E-state index < -0.39 is 0 Å². The number of nitrogens with one attached hydrogen (secondary N) is 1. The van der Waals surface area contributed by atoms with E-state index in [1.807, 2.05) is 37.3 Å². The van der Waals surface area contributed by atoms with Crippen LogP contribution < -0.4 is 20.5 Å². The third-order valence-corrected chi connectivity index (χ3v) is 4.57. The maximum Gasteiger partial charge on any atom is 0.199 e. The second-order valence-corrected chi connectivity index (χ2v) is 7.27. The van der Waals surface area contributed by atoms with E-state index in [1.54, 1.807) is 12.1 Å². The van der Waals surface area contributed by atoms with Gasteiger partial charge in [-0.05, 0) is 56.2 Å². The van der Waals surface area contributed by atoms with Gasteiger partial charge in [-0.3, -0.25) is 4.99 Å². The van der Waals surface area contributed by atoms with Crippen molar-refractivity contribution in [1.82, 2.24) is 5.32 Å². The lowest BCUT2D eigenvalue weighted by Gasteiger charge is -2.10. The number of aliphatic imine (C=N–C) groups is 2. The molecule has 0 unspecified atom stereocenters. The molecule has 2 aromatic carbocycles. The van der Waals surface area contributed by atoms with E-state index in [0.29, 0.717) is 41.1 Å². The van der Waals surface area contributed by atoms with Crippen molar-refractivity contribution >= 4 is 52.7 Å². The SMILES string of the molecule is CCN=C(N)NC(=S)/N=C/c1cc(OCCCCOc2ccccc2)c(Cl)cc1Cl. The van der Waals surface area contributed by atoms with Gasteiger partial charge in [0.15, 0.2) is 11.1 Å². The van der Waals surface area contributed by atoms with Crippen molar-refractivity contribution in [3.8, 4) is 11.5 Å². The molecule has 0 bridgehead atoms. The second kappa shape index (κ2) is 13.1. The minimum Gasteiger partial charge on any atom is -0.494 e. The first-order valence-electron chi connectivity index (χ1n) is 9.44. The average Bonchev–Trinajstić information content (AvgIpc) is 2.72. The van der Waals surface area contributed by atoms with Crippen LogP contribution in [0.5, 0.6) is 11.5 Å². The van der Waals surface area contributed by atoms with Gasteiger partial charge >= 0.3 is 0 Å². The molecule has 0 saturated carbocycles. The van der Waals surface area contributed by atoms with Crippen molar-refractivity contribution in [1.29, 1.82) is 0 Å². The number of ether oxygens (including phenoxy) is 2. The molecule has 0 aliphatic heterocycles. The molecule has 2 aromatic rings. The van der Waals surface area contributed by atoms with Crippen LogP contribution in [-0.2, 0) is 0 Å². The van der Waals surface area contributed by atoms with Gasteiger partial charge in [-0.1, -0.05) is 41.4 Å². The fourth-order valence-electron chi connectivity index (χ4n) is 2.33. The summed E-state index contributed by atoms with van der Waals surface area (Å²) in [5.74, 6) is 1.60. The summed E-state index contributed by atoms with van der Waals surface area (Å²) in [6.45, 7) is 3.54. The van der Waals surface area contributed by atoms with Crippen LogP contribution in [0.4, 0.5) is 0 Å². The fourth-order valence-corrected chi connectivity index (χ4v) is 2.97. The van der Waals surface area contributed by atoms with E-state index in [2.05, 4.69) is 15.3 Å². The predicted octanol–water partition coefficient (Wildman–Crippen LogP) is 4.86. The molecule has 3 N–H and O–H groups in total. The fraction of sp³-hybridized carbons (Fsp3) is 0.286. The van der Waals surface area contributed by atoms with Crippen LogP contribution in [0, 0.1) is 0 Å². The molecule has 0 amide bonds. The van der Waals surface area contributed by atoms with Crippen LogP contribution in [0.2, 0.25) is 10.0 Å². The van der Waals surface area contributed by atoms with Crippen LogP contribution >= 0.6 is 35.4 Å². The van der Waals surface area contributed by atoms with Gasteiger partial charge < -0.3 is 20.5 Å². The maximum absolute atomic E-state index is 6.24. The number of guanidine groups is 1. The van der Waals surface area contributed by atoms with Crippen LogP contribution in [0.25, 0.3) is 0 Å². The number of thiocarbonyl (C=S) groups is 1. The van der Waals surface area contributed by atoms with Crippen molar-refractivity contribution in [2.45, 2.75) is 19.8 Å². The largest absolute Gasteiger partial charge is 0.494 e. The zero-order valence-electron chi connectivity index (χ0n) is 16.6. The summed E-state index contributed by atoms with van der Waals surface area (Å²) in [7, 11) is 0. The number of rotatable bonds is 9. The number of nitrogens with two attached hydrogens (primary N) is 1. The van der Waals surface area contributed by atoms with E-state index in [1.165, 1.54) is 6.21 Å². The van der Waals surface area contributed by atoms with Gasteiger partial charge in [0, 0.05) is 18.3 Å². The Morgan fingerprint density at radius 3 is 2.50 bits per heavy atom. The van der Waals surface area contributed by atoms with Crippen LogP contribution in [-0.4, -0.2) is 37.0 Å².